The van der Waals surface area contributed by atoms with Gasteiger partial charge in [-0.2, -0.15) is 5.10 Å². The van der Waals surface area contributed by atoms with Crippen LogP contribution in [-0.4, -0.2) is 56.2 Å². The number of hydrazone groups is 1. The van der Waals surface area contributed by atoms with Gasteiger partial charge in [0.1, 0.15) is 12.1 Å². The highest BCUT2D eigenvalue weighted by Crippen LogP contribution is 2.22. The summed E-state index contributed by atoms with van der Waals surface area (Å²) in [4.78, 5) is 15.0. The molecule has 5 nitrogen and oxygen atoms in total. The van der Waals surface area contributed by atoms with Gasteiger partial charge in [-0.15, -0.1) is 6.58 Å². The minimum atomic E-state index is 0.515. The third-order valence-corrected chi connectivity index (χ3v) is 5.71. The van der Waals surface area contributed by atoms with Gasteiger partial charge in [-0.25, -0.2) is 0 Å². The van der Waals surface area contributed by atoms with Crippen LogP contribution in [0.15, 0.2) is 78.0 Å². The zero-order chi connectivity index (χ0) is 27.9. The van der Waals surface area contributed by atoms with E-state index in [0.29, 0.717) is 12.8 Å². The molecule has 0 saturated carbocycles. The molecule has 0 aromatic heterocycles. The largest absolute Gasteiger partial charge is 0.377 e. The van der Waals surface area contributed by atoms with Crippen LogP contribution in [0.3, 0.4) is 0 Å². The minimum Gasteiger partial charge on any atom is -0.377 e. The fourth-order valence-corrected chi connectivity index (χ4v) is 3.89. The first-order valence-electron chi connectivity index (χ1n) is 13.3. The van der Waals surface area contributed by atoms with E-state index in [1.54, 1.807) is 7.05 Å². The number of hydrogen-bond donors (Lipinski definition) is 1. The maximum atomic E-state index is 10.6. The molecule has 204 valence electrons. The fourth-order valence-electron chi connectivity index (χ4n) is 3.89. The van der Waals surface area contributed by atoms with Crippen LogP contribution < -0.4 is 5.43 Å². The Morgan fingerprint density at radius 3 is 2.38 bits per heavy atom. The van der Waals surface area contributed by atoms with E-state index in [2.05, 4.69) is 122 Å². The first-order valence-corrected chi connectivity index (χ1v) is 13.3. The van der Waals surface area contributed by atoms with Crippen LogP contribution in [0.4, 0.5) is 0 Å². The molecule has 37 heavy (non-hydrogen) atoms. The van der Waals surface area contributed by atoms with E-state index in [0.717, 1.165) is 44.5 Å². The number of carbonyl (C=O) groups excluding carboxylic acids is 1. The highest BCUT2D eigenvalue weighted by atomic mass is 16.1. The van der Waals surface area contributed by atoms with Crippen molar-refractivity contribution >= 4 is 23.9 Å². The lowest BCUT2D eigenvalue weighted by molar-refractivity contribution is -0.107. The number of benzene rings is 1. The Balaban J connectivity index is 0.000000749. The van der Waals surface area contributed by atoms with Crippen molar-refractivity contribution in [2.24, 2.45) is 5.10 Å². The molecule has 0 radical (unpaired) electrons. The molecule has 0 spiro atoms. The van der Waals surface area contributed by atoms with Crippen LogP contribution >= 0.6 is 0 Å². The number of amidine groups is 1. The van der Waals surface area contributed by atoms with Gasteiger partial charge >= 0.3 is 0 Å². The summed E-state index contributed by atoms with van der Waals surface area (Å²) >= 11 is 0. The Bertz CT molecular complexity index is 922. The van der Waals surface area contributed by atoms with Gasteiger partial charge in [-0.05, 0) is 52.5 Å². The van der Waals surface area contributed by atoms with Crippen molar-refractivity contribution in [3.05, 3.63) is 84.0 Å². The van der Waals surface area contributed by atoms with Gasteiger partial charge in [0.25, 0.3) is 0 Å². The fraction of sp³-hybridized carbons (Fsp3) is 0.438. The predicted molar refractivity (Wildman–Crippen MR) is 164 cm³/mol. The summed E-state index contributed by atoms with van der Waals surface area (Å²) in [6.07, 6.45) is 19.9. The highest BCUT2D eigenvalue weighted by molar-refractivity contribution is 5.83. The Morgan fingerprint density at radius 1 is 1.11 bits per heavy atom. The summed E-state index contributed by atoms with van der Waals surface area (Å²) in [6.45, 7) is 13.9. The molecule has 0 saturated heterocycles. The van der Waals surface area contributed by atoms with Crippen molar-refractivity contribution < 1.29 is 4.79 Å². The predicted octanol–water partition coefficient (Wildman–Crippen LogP) is 7.32. The van der Waals surface area contributed by atoms with E-state index in [-0.39, 0.29) is 0 Å². The Hall–Kier alpha value is -3.34. The number of aldehydes is 1. The summed E-state index contributed by atoms with van der Waals surface area (Å²) in [5.74, 6) is 0.960. The molecular weight excluding hydrogens is 456 g/mol. The second kappa shape index (κ2) is 21.9. The van der Waals surface area contributed by atoms with Crippen LogP contribution in [0, 0.1) is 0 Å². The Morgan fingerprint density at radius 2 is 1.84 bits per heavy atom. The molecule has 1 aromatic carbocycles. The third kappa shape index (κ3) is 14.1. The standard InChI is InChI=1S/C18H31N3O.C14H19N/c1-5-8-9-12-17(6-2)13-10-15-21(7-3)18(20-19-4)14-11-16-22;1-5-9-12-10-7-8-11-13(12)14(6-2)15(3)4/h5-6,9,12,16,19H,1,7-8,10-11,13-15H2,2-4H3;5-11H,1-4H3/b12-9-,17-6+,20-18-;9-5-,14-6+. The van der Waals surface area contributed by atoms with Gasteiger partial charge in [0, 0.05) is 58.3 Å². The molecule has 0 unspecified atom stereocenters. The topological polar surface area (TPSA) is 47.9 Å². The lowest BCUT2D eigenvalue weighted by Gasteiger charge is -2.24. The maximum Gasteiger partial charge on any atom is 0.125 e. The van der Waals surface area contributed by atoms with E-state index in [1.165, 1.54) is 22.4 Å². The third-order valence-electron chi connectivity index (χ3n) is 5.71. The summed E-state index contributed by atoms with van der Waals surface area (Å²) < 4.78 is 0. The summed E-state index contributed by atoms with van der Waals surface area (Å²) in [5.41, 5.74) is 7.98. The Labute approximate surface area is 227 Å². The zero-order valence-electron chi connectivity index (χ0n) is 24.3. The van der Waals surface area contributed by atoms with Crippen molar-refractivity contribution in [2.45, 2.75) is 59.8 Å². The summed E-state index contributed by atoms with van der Waals surface area (Å²) in [5, 5.41) is 4.31. The van der Waals surface area contributed by atoms with E-state index < -0.39 is 0 Å². The lowest BCUT2D eigenvalue weighted by atomic mass is 10.0. The number of rotatable bonds is 15. The number of carbonyl (C=O) groups is 1. The van der Waals surface area contributed by atoms with Crippen LogP contribution in [0.1, 0.15) is 70.9 Å². The number of nitrogens with zero attached hydrogens (tertiary/aromatic N) is 3. The molecule has 0 fully saturated rings. The SMILES string of the molecule is C/C=C\c1ccccc1/C(=C\C)N(C)C.C=CC/C=C\C(=C/C)CCCN(CC)/C(CCC=O)=N\NC. The summed E-state index contributed by atoms with van der Waals surface area (Å²) in [6, 6.07) is 8.45. The molecular formula is C32H50N4O. The van der Waals surface area contributed by atoms with Crippen molar-refractivity contribution in [1.29, 1.82) is 0 Å². The average molecular weight is 507 g/mol. The van der Waals surface area contributed by atoms with Crippen molar-refractivity contribution in [2.75, 3.05) is 34.2 Å². The van der Waals surface area contributed by atoms with E-state index in [9.17, 15) is 4.79 Å². The van der Waals surface area contributed by atoms with Gasteiger partial charge < -0.3 is 20.0 Å². The molecule has 0 heterocycles. The quantitative estimate of drug-likeness (QED) is 0.0676. The molecule has 0 amide bonds. The van der Waals surface area contributed by atoms with Crippen LogP contribution in [0.25, 0.3) is 11.8 Å². The molecule has 1 N–H and O–H groups in total. The van der Waals surface area contributed by atoms with E-state index in [4.69, 9.17) is 0 Å². The molecule has 0 aliphatic carbocycles. The first kappa shape index (κ1) is 33.7. The minimum absolute atomic E-state index is 0.515. The zero-order valence-corrected chi connectivity index (χ0v) is 24.3. The highest BCUT2D eigenvalue weighted by Gasteiger charge is 2.09. The normalized spacial score (nSPS) is 12.4. The van der Waals surface area contributed by atoms with Gasteiger partial charge in [0.05, 0.1) is 0 Å². The lowest BCUT2D eigenvalue weighted by Crippen LogP contribution is -2.33. The first-order chi connectivity index (χ1) is 17.9. The molecule has 0 bridgehead atoms. The molecule has 1 rings (SSSR count). The van der Waals surface area contributed by atoms with E-state index >= 15 is 0 Å². The van der Waals surface area contributed by atoms with Crippen molar-refractivity contribution in [3.63, 3.8) is 0 Å². The van der Waals surface area contributed by atoms with Gasteiger partial charge in [0.2, 0.25) is 0 Å². The molecule has 0 atom stereocenters. The molecule has 0 aliphatic rings. The Kier molecular flexibility index (Phi) is 19.9. The number of allylic oxidation sites excluding steroid dienone is 7. The van der Waals surface area contributed by atoms with Gasteiger partial charge in [0.15, 0.2) is 0 Å². The monoisotopic (exact) mass is 506 g/mol. The van der Waals surface area contributed by atoms with Crippen molar-refractivity contribution in [3.8, 4) is 0 Å². The van der Waals surface area contributed by atoms with Gasteiger partial charge in [-0.3, -0.25) is 0 Å². The summed E-state index contributed by atoms with van der Waals surface area (Å²) in [7, 11) is 5.93. The van der Waals surface area contributed by atoms with Crippen LogP contribution in [0.2, 0.25) is 0 Å². The van der Waals surface area contributed by atoms with E-state index in [1.807, 2.05) is 13.0 Å². The smallest absolute Gasteiger partial charge is 0.125 e. The second-order valence-corrected chi connectivity index (χ2v) is 8.59. The van der Waals surface area contributed by atoms with Gasteiger partial charge in [-0.1, -0.05) is 72.4 Å². The van der Waals surface area contributed by atoms with Crippen LogP contribution in [-0.2, 0) is 4.79 Å². The number of hydrogen-bond acceptors (Lipinski definition) is 4. The molecule has 0 aliphatic heterocycles. The average Bonchev–Trinajstić information content (AvgIpc) is 2.90. The second-order valence-electron chi connectivity index (χ2n) is 8.59. The van der Waals surface area contributed by atoms with Crippen LogP contribution in [0.5, 0.6) is 0 Å². The maximum absolute atomic E-state index is 10.6. The number of nitrogens with one attached hydrogen (secondary N) is 1. The van der Waals surface area contributed by atoms with Crippen molar-refractivity contribution in [1.82, 2.24) is 15.2 Å². The molecule has 1 aromatic rings. The molecule has 5 heteroatoms.